The summed E-state index contributed by atoms with van der Waals surface area (Å²) in [6, 6.07) is 25.1. The van der Waals surface area contributed by atoms with E-state index in [2.05, 4.69) is 102 Å². The molecular formula is C36H35N. The predicted octanol–water partition coefficient (Wildman–Crippen LogP) is 10.2. The van der Waals surface area contributed by atoms with Crippen LogP contribution in [0.1, 0.15) is 68.9 Å². The summed E-state index contributed by atoms with van der Waals surface area (Å²) in [6.07, 6.45) is 23.3. The van der Waals surface area contributed by atoms with Gasteiger partial charge in [0.05, 0.1) is 11.0 Å². The summed E-state index contributed by atoms with van der Waals surface area (Å²) in [4.78, 5) is 0. The number of hydrogen-bond acceptors (Lipinski definition) is 0. The van der Waals surface area contributed by atoms with Crippen LogP contribution in [0.5, 0.6) is 0 Å². The molecule has 0 spiro atoms. The first-order valence-electron chi connectivity index (χ1n) is 14.2. The molecule has 0 atom stereocenters. The highest BCUT2D eigenvalue weighted by atomic mass is 15.0. The van der Waals surface area contributed by atoms with Crippen LogP contribution in [-0.4, -0.2) is 4.57 Å². The van der Waals surface area contributed by atoms with Crippen molar-refractivity contribution in [3.8, 4) is 5.69 Å². The van der Waals surface area contributed by atoms with Crippen LogP contribution in [0.4, 0.5) is 0 Å². The van der Waals surface area contributed by atoms with E-state index in [1.807, 2.05) is 0 Å². The molecule has 0 unspecified atom stereocenters. The van der Waals surface area contributed by atoms with Gasteiger partial charge >= 0.3 is 0 Å². The Morgan fingerprint density at radius 2 is 1.41 bits per heavy atom. The Labute approximate surface area is 220 Å². The van der Waals surface area contributed by atoms with E-state index < -0.39 is 0 Å². The topological polar surface area (TPSA) is 4.93 Å². The number of para-hydroxylation sites is 1. The van der Waals surface area contributed by atoms with E-state index in [0.717, 1.165) is 18.8 Å². The maximum atomic E-state index is 2.46. The summed E-state index contributed by atoms with van der Waals surface area (Å²) in [5.41, 5.74) is 11.1. The monoisotopic (exact) mass is 481 g/mol. The van der Waals surface area contributed by atoms with Crippen LogP contribution >= 0.6 is 0 Å². The number of rotatable bonds is 4. The van der Waals surface area contributed by atoms with Crippen LogP contribution in [0.3, 0.4) is 0 Å². The van der Waals surface area contributed by atoms with Gasteiger partial charge < -0.3 is 4.57 Å². The second-order valence-electron chi connectivity index (χ2n) is 11.1. The number of benzene rings is 3. The lowest BCUT2D eigenvalue weighted by Crippen LogP contribution is -2.10. The van der Waals surface area contributed by atoms with Gasteiger partial charge in [-0.1, -0.05) is 91.6 Å². The van der Waals surface area contributed by atoms with Gasteiger partial charge in [-0.05, 0) is 97.0 Å². The zero-order chi connectivity index (χ0) is 24.6. The molecule has 7 rings (SSSR count). The second kappa shape index (κ2) is 9.71. The Kier molecular flexibility index (Phi) is 5.93. The highest BCUT2D eigenvalue weighted by Gasteiger charge is 2.20. The highest BCUT2D eigenvalue weighted by Crippen LogP contribution is 2.39. The first kappa shape index (κ1) is 22.6. The molecule has 0 saturated heterocycles. The molecule has 3 aromatic carbocycles. The number of aromatic nitrogens is 1. The SMILES string of the molecule is C1=CCCC(c2ccc(-n3c4ccccc4c4cc(C5=CC=C(C6CCCCC6)CC5)ccc43)cc2)=C1. The van der Waals surface area contributed by atoms with E-state index in [9.17, 15) is 0 Å². The minimum Gasteiger partial charge on any atom is -0.309 e. The lowest BCUT2D eigenvalue weighted by molar-refractivity contribution is 0.395. The third kappa shape index (κ3) is 4.21. The van der Waals surface area contributed by atoms with Gasteiger partial charge in [0.25, 0.3) is 0 Å². The molecule has 1 aromatic heterocycles. The largest absolute Gasteiger partial charge is 0.309 e. The van der Waals surface area contributed by atoms with Gasteiger partial charge in [0.15, 0.2) is 0 Å². The molecule has 0 N–H and O–H groups in total. The van der Waals surface area contributed by atoms with E-state index in [1.165, 1.54) is 94.7 Å². The first-order valence-corrected chi connectivity index (χ1v) is 14.2. The Hall–Kier alpha value is -3.58. The number of nitrogens with zero attached hydrogens (tertiary/aromatic N) is 1. The molecule has 0 bridgehead atoms. The third-order valence-corrected chi connectivity index (χ3v) is 8.86. The fourth-order valence-corrected chi connectivity index (χ4v) is 6.83. The van der Waals surface area contributed by atoms with Crippen molar-refractivity contribution in [1.82, 2.24) is 4.57 Å². The van der Waals surface area contributed by atoms with E-state index in [-0.39, 0.29) is 0 Å². The van der Waals surface area contributed by atoms with E-state index >= 15 is 0 Å². The summed E-state index contributed by atoms with van der Waals surface area (Å²) >= 11 is 0. The van der Waals surface area contributed by atoms with Crippen LogP contribution in [0.25, 0.3) is 38.6 Å². The third-order valence-electron chi connectivity index (χ3n) is 8.86. The molecule has 37 heavy (non-hydrogen) atoms. The van der Waals surface area contributed by atoms with Crippen LogP contribution in [-0.2, 0) is 0 Å². The van der Waals surface area contributed by atoms with Gasteiger partial charge in [-0.15, -0.1) is 0 Å². The van der Waals surface area contributed by atoms with Gasteiger partial charge in [-0.3, -0.25) is 0 Å². The Bertz CT molecular complexity index is 1580. The minimum atomic E-state index is 0.837. The van der Waals surface area contributed by atoms with Crippen LogP contribution in [0, 0.1) is 5.92 Å². The fourth-order valence-electron chi connectivity index (χ4n) is 6.83. The van der Waals surface area contributed by atoms with Crippen molar-refractivity contribution in [2.45, 2.75) is 57.8 Å². The Balaban J connectivity index is 1.27. The van der Waals surface area contributed by atoms with Crippen LogP contribution in [0.2, 0.25) is 0 Å². The van der Waals surface area contributed by atoms with Crippen molar-refractivity contribution < 1.29 is 0 Å². The normalized spacial score (nSPS) is 18.6. The van der Waals surface area contributed by atoms with Crippen molar-refractivity contribution in [3.05, 3.63) is 114 Å². The average Bonchev–Trinajstić information content (AvgIpc) is 3.32. The molecule has 3 aliphatic carbocycles. The number of hydrogen-bond donors (Lipinski definition) is 0. The zero-order valence-electron chi connectivity index (χ0n) is 21.6. The molecule has 1 fully saturated rings. The Morgan fingerprint density at radius 3 is 2.19 bits per heavy atom. The molecule has 184 valence electrons. The summed E-state index contributed by atoms with van der Waals surface area (Å²) in [6.45, 7) is 0. The maximum Gasteiger partial charge on any atom is 0.0541 e. The predicted molar refractivity (Wildman–Crippen MR) is 159 cm³/mol. The Morgan fingerprint density at radius 1 is 0.622 bits per heavy atom. The van der Waals surface area contributed by atoms with Gasteiger partial charge in [0.1, 0.15) is 0 Å². The van der Waals surface area contributed by atoms with Gasteiger partial charge in [-0.25, -0.2) is 0 Å². The minimum absolute atomic E-state index is 0.837. The van der Waals surface area contributed by atoms with Gasteiger partial charge in [0.2, 0.25) is 0 Å². The molecule has 1 saturated carbocycles. The lowest BCUT2D eigenvalue weighted by Gasteiger charge is -2.26. The molecule has 3 aliphatic rings. The van der Waals surface area contributed by atoms with Crippen LogP contribution < -0.4 is 0 Å². The average molecular weight is 482 g/mol. The van der Waals surface area contributed by atoms with Gasteiger partial charge in [-0.2, -0.15) is 0 Å². The number of fused-ring (bicyclic) bond motifs is 3. The summed E-state index contributed by atoms with van der Waals surface area (Å²) < 4.78 is 2.43. The van der Waals surface area contributed by atoms with Crippen molar-refractivity contribution in [1.29, 1.82) is 0 Å². The standard InChI is InChI=1S/C36H35N/c1-3-9-26(10-4-1)28-15-17-30(18-16-28)31-21-24-36-34(25-31)33-13-7-8-14-35(33)37(36)32-22-19-29(20-23-32)27-11-5-2-6-12-27/h2,5,7-8,11,13-15,17,19-26H,1,3-4,6,9-10,12,16,18H2. The summed E-state index contributed by atoms with van der Waals surface area (Å²) in [5, 5.41) is 2.68. The van der Waals surface area contributed by atoms with E-state index in [0.29, 0.717) is 0 Å². The number of allylic oxidation sites excluding steroid dienone is 8. The zero-order valence-corrected chi connectivity index (χ0v) is 21.6. The molecular weight excluding hydrogens is 446 g/mol. The molecule has 1 heterocycles. The van der Waals surface area contributed by atoms with Gasteiger partial charge in [0, 0.05) is 16.5 Å². The van der Waals surface area contributed by atoms with Crippen molar-refractivity contribution in [3.63, 3.8) is 0 Å². The second-order valence-corrected chi connectivity index (χ2v) is 11.1. The van der Waals surface area contributed by atoms with E-state index in [4.69, 9.17) is 0 Å². The summed E-state index contributed by atoms with van der Waals surface area (Å²) in [5.74, 6) is 0.837. The molecule has 0 amide bonds. The quantitative estimate of drug-likeness (QED) is 0.273. The molecule has 1 nitrogen and oxygen atoms in total. The molecule has 0 radical (unpaired) electrons. The first-order chi connectivity index (χ1) is 18.3. The molecule has 4 aromatic rings. The lowest BCUT2D eigenvalue weighted by atomic mass is 9.79. The maximum absolute atomic E-state index is 2.46. The highest BCUT2D eigenvalue weighted by molar-refractivity contribution is 6.10. The van der Waals surface area contributed by atoms with Crippen molar-refractivity contribution >= 4 is 33.0 Å². The molecule has 0 aliphatic heterocycles. The fraction of sp³-hybridized carbons (Fsp3) is 0.278. The van der Waals surface area contributed by atoms with Crippen molar-refractivity contribution in [2.75, 3.05) is 0 Å². The van der Waals surface area contributed by atoms with Crippen molar-refractivity contribution in [2.24, 2.45) is 5.92 Å². The van der Waals surface area contributed by atoms with Crippen LogP contribution in [0.15, 0.2) is 103 Å². The summed E-state index contributed by atoms with van der Waals surface area (Å²) in [7, 11) is 0. The smallest absolute Gasteiger partial charge is 0.0541 e. The molecule has 1 heteroatoms. The van der Waals surface area contributed by atoms with E-state index in [1.54, 1.807) is 5.57 Å².